The predicted octanol–water partition coefficient (Wildman–Crippen LogP) is 1.86. The van der Waals surface area contributed by atoms with E-state index in [1.54, 1.807) is 12.4 Å². The molecular formula is C21H28F3N7O3. The number of carboxylic acids is 1. The summed E-state index contributed by atoms with van der Waals surface area (Å²) in [4.78, 5) is 34.2. The van der Waals surface area contributed by atoms with Gasteiger partial charge in [0, 0.05) is 57.9 Å². The normalized spacial score (nSPS) is 18.4. The average Bonchev–Trinajstić information content (AvgIpc) is 3.44. The zero-order valence-electron chi connectivity index (χ0n) is 18.6. The fourth-order valence-corrected chi connectivity index (χ4v) is 3.96. The summed E-state index contributed by atoms with van der Waals surface area (Å²) < 4.78 is 33.8. The SMILES string of the molecule is O=C(CN1Cc2ccnn2CC(CCNc2ncccn2)C1)N1CCCC1.O=C(O)C(F)(F)F. The van der Waals surface area contributed by atoms with Crippen LogP contribution in [0.3, 0.4) is 0 Å². The van der Waals surface area contributed by atoms with Crippen molar-refractivity contribution in [3.8, 4) is 0 Å². The Hall–Kier alpha value is -3.22. The zero-order valence-corrected chi connectivity index (χ0v) is 18.6. The van der Waals surface area contributed by atoms with E-state index in [4.69, 9.17) is 9.90 Å². The minimum atomic E-state index is -5.08. The number of likely N-dealkylation sites (tertiary alicyclic amines) is 1. The first-order valence-electron chi connectivity index (χ1n) is 11.0. The van der Waals surface area contributed by atoms with Crippen molar-refractivity contribution in [2.75, 3.05) is 38.0 Å². The number of anilines is 1. The van der Waals surface area contributed by atoms with Gasteiger partial charge in [-0.25, -0.2) is 14.8 Å². The Morgan fingerprint density at radius 1 is 1.12 bits per heavy atom. The Morgan fingerprint density at radius 3 is 2.44 bits per heavy atom. The van der Waals surface area contributed by atoms with Crippen LogP contribution in [0.5, 0.6) is 0 Å². The fourth-order valence-electron chi connectivity index (χ4n) is 3.96. The number of carboxylic acid groups (broad SMARTS) is 1. The number of nitrogens with zero attached hydrogens (tertiary/aromatic N) is 6. The number of rotatable bonds is 6. The summed E-state index contributed by atoms with van der Waals surface area (Å²) in [5, 5.41) is 14.9. The van der Waals surface area contributed by atoms with Crippen LogP contribution in [0.2, 0.25) is 0 Å². The number of alkyl halides is 3. The van der Waals surface area contributed by atoms with Crippen LogP contribution in [-0.2, 0) is 22.7 Å². The van der Waals surface area contributed by atoms with Gasteiger partial charge in [-0.05, 0) is 37.3 Å². The van der Waals surface area contributed by atoms with Crippen molar-refractivity contribution in [3.63, 3.8) is 0 Å². The molecule has 2 aliphatic heterocycles. The summed E-state index contributed by atoms with van der Waals surface area (Å²) >= 11 is 0. The first kappa shape index (κ1) is 25.4. The lowest BCUT2D eigenvalue weighted by atomic mass is 10.1. The van der Waals surface area contributed by atoms with Gasteiger partial charge < -0.3 is 15.3 Å². The number of amides is 1. The average molecular weight is 483 g/mol. The molecular weight excluding hydrogens is 455 g/mol. The van der Waals surface area contributed by atoms with Gasteiger partial charge in [-0.1, -0.05) is 0 Å². The maximum Gasteiger partial charge on any atom is 0.490 e. The molecule has 1 amide bonds. The number of aromatic nitrogens is 4. The molecule has 10 nitrogen and oxygen atoms in total. The number of halogens is 3. The monoisotopic (exact) mass is 483 g/mol. The van der Waals surface area contributed by atoms with Crippen LogP contribution < -0.4 is 5.32 Å². The fraction of sp³-hybridized carbons (Fsp3) is 0.571. The number of aliphatic carboxylic acids is 1. The smallest absolute Gasteiger partial charge is 0.475 e. The number of nitrogens with one attached hydrogen (secondary N) is 1. The number of hydrogen-bond donors (Lipinski definition) is 2. The second kappa shape index (κ2) is 11.8. The van der Waals surface area contributed by atoms with E-state index in [1.807, 2.05) is 17.2 Å². The van der Waals surface area contributed by atoms with Crippen LogP contribution in [0.4, 0.5) is 19.1 Å². The summed E-state index contributed by atoms with van der Waals surface area (Å²) in [7, 11) is 0. The van der Waals surface area contributed by atoms with Gasteiger partial charge in [0.1, 0.15) is 0 Å². The molecule has 2 aromatic rings. The molecule has 2 N–H and O–H groups in total. The Labute approximate surface area is 194 Å². The molecule has 186 valence electrons. The van der Waals surface area contributed by atoms with Crippen LogP contribution in [0.1, 0.15) is 25.0 Å². The lowest BCUT2D eigenvalue weighted by Gasteiger charge is -2.25. The van der Waals surface area contributed by atoms with E-state index in [2.05, 4.69) is 36.0 Å². The third kappa shape index (κ3) is 7.68. The van der Waals surface area contributed by atoms with Gasteiger partial charge in [0.05, 0.1) is 12.2 Å². The van der Waals surface area contributed by atoms with Crippen molar-refractivity contribution in [1.82, 2.24) is 29.5 Å². The number of hydrogen-bond acceptors (Lipinski definition) is 7. The third-order valence-corrected chi connectivity index (χ3v) is 5.60. The van der Waals surface area contributed by atoms with Gasteiger partial charge in [0.15, 0.2) is 0 Å². The second-order valence-corrected chi connectivity index (χ2v) is 8.22. The van der Waals surface area contributed by atoms with Crippen molar-refractivity contribution < 1.29 is 27.9 Å². The maximum absolute atomic E-state index is 12.6. The summed E-state index contributed by atoms with van der Waals surface area (Å²) in [6.45, 7) is 5.69. The van der Waals surface area contributed by atoms with Crippen LogP contribution in [-0.4, -0.2) is 85.4 Å². The standard InChI is InChI=1S/C19H27N7O.C2HF3O2/c27-18(25-10-1-2-11-25)15-24-12-16(13-26-17(14-24)5-9-23-26)4-8-22-19-20-6-3-7-21-19;3-2(4,5)1(6)7/h3,5-7,9,16H,1-2,4,8,10-15H2,(H,20,21,22);(H,6,7). The van der Waals surface area contributed by atoms with E-state index in [-0.39, 0.29) is 5.91 Å². The highest BCUT2D eigenvalue weighted by Crippen LogP contribution is 2.19. The molecule has 4 rings (SSSR count). The first-order valence-corrected chi connectivity index (χ1v) is 11.0. The van der Waals surface area contributed by atoms with Crippen LogP contribution in [0.25, 0.3) is 0 Å². The Bertz CT molecular complexity index is 933. The van der Waals surface area contributed by atoms with Gasteiger partial charge in [-0.15, -0.1) is 0 Å². The van der Waals surface area contributed by atoms with E-state index < -0.39 is 12.1 Å². The molecule has 1 unspecified atom stereocenters. The Balaban J connectivity index is 0.000000406. The van der Waals surface area contributed by atoms with E-state index >= 15 is 0 Å². The highest BCUT2D eigenvalue weighted by atomic mass is 19.4. The predicted molar refractivity (Wildman–Crippen MR) is 116 cm³/mol. The molecule has 0 aromatic carbocycles. The topological polar surface area (TPSA) is 116 Å². The van der Waals surface area contributed by atoms with Gasteiger partial charge >= 0.3 is 12.1 Å². The maximum atomic E-state index is 12.6. The van der Waals surface area contributed by atoms with Crippen LogP contribution in [0.15, 0.2) is 30.7 Å². The van der Waals surface area contributed by atoms with Crippen LogP contribution >= 0.6 is 0 Å². The first-order chi connectivity index (χ1) is 16.2. The van der Waals surface area contributed by atoms with Crippen LogP contribution in [0, 0.1) is 5.92 Å². The Kier molecular flexibility index (Phi) is 8.79. The number of fused-ring (bicyclic) bond motifs is 1. The summed E-state index contributed by atoms with van der Waals surface area (Å²) in [5.74, 6) is -1.41. The molecule has 1 fully saturated rings. The molecule has 0 radical (unpaired) electrons. The molecule has 0 aliphatic carbocycles. The van der Waals surface area contributed by atoms with E-state index in [0.717, 1.165) is 58.5 Å². The molecule has 1 saturated heterocycles. The molecule has 2 aromatic heterocycles. The van der Waals surface area contributed by atoms with E-state index in [0.29, 0.717) is 18.4 Å². The van der Waals surface area contributed by atoms with Gasteiger partial charge in [0.2, 0.25) is 11.9 Å². The quantitative estimate of drug-likeness (QED) is 0.640. The van der Waals surface area contributed by atoms with Crippen molar-refractivity contribution in [2.45, 2.75) is 38.5 Å². The molecule has 1 atom stereocenters. The van der Waals surface area contributed by atoms with Crippen molar-refractivity contribution in [1.29, 1.82) is 0 Å². The molecule has 4 heterocycles. The lowest BCUT2D eigenvalue weighted by Crippen LogP contribution is -2.40. The zero-order chi connectivity index (χ0) is 24.6. The van der Waals surface area contributed by atoms with Gasteiger partial charge in [-0.2, -0.15) is 18.3 Å². The van der Waals surface area contributed by atoms with Crippen molar-refractivity contribution in [3.05, 3.63) is 36.4 Å². The van der Waals surface area contributed by atoms with E-state index in [1.165, 1.54) is 5.69 Å². The van der Waals surface area contributed by atoms with Gasteiger partial charge in [-0.3, -0.25) is 14.4 Å². The van der Waals surface area contributed by atoms with Crippen molar-refractivity contribution in [2.24, 2.45) is 5.92 Å². The van der Waals surface area contributed by atoms with Gasteiger partial charge in [0.25, 0.3) is 0 Å². The molecule has 0 bridgehead atoms. The number of carbonyl (C=O) groups is 2. The van der Waals surface area contributed by atoms with E-state index in [9.17, 15) is 18.0 Å². The largest absolute Gasteiger partial charge is 0.490 e. The minimum Gasteiger partial charge on any atom is -0.475 e. The lowest BCUT2D eigenvalue weighted by molar-refractivity contribution is -0.192. The summed E-state index contributed by atoms with van der Waals surface area (Å²) in [6, 6.07) is 3.87. The molecule has 34 heavy (non-hydrogen) atoms. The Morgan fingerprint density at radius 2 is 1.79 bits per heavy atom. The van der Waals surface area contributed by atoms with Crippen molar-refractivity contribution >= 4 is 17.8 Å². The highest BCUT2D eigenvalue weighted by Gasteiger charge is 2.38. The molecule has 2 aliphatic rings. The third-order valence-electron chi connectivity index (χ3n) is 5.60. The highest BCUT2D eigenvalue weighted by molar-refractivity contribution is 5.78. The molecule has 0 saturated carbocycles. The minimum absolute atomic E-state index is 0.259. The summed E-state index contributed by atoms with van der Waals surface area (Å²) in [6.07, 6.45) is 3.49. The number of carbonyl (C=O) groups excluding carboxylic acids is 1. The summed E-state index contributed by atoms with van der Waals surface area (Å²) in [5.41, 5.74) is 1.19. The second-order valence-electron chi connectivity index (χ2n) is 8.22. The molecule has 13 heteroatoms. The molecule has 0 spiro atoms.